The van der Waals surface area contributed by atoms with E-state index in [4.69, 9.17) is 38.7 Å². The number of primary sulfonamides is 1. The SMILES string of the molecule is NS(=O)(=O)c1cc(C(=O)O)c(Cl)c([NH+]([O-])O)c1Cl. The Morgan fingerprint density at radius 2 is 1.89 bits per heavy atom. The smallest absolute Gasteiger partial charge is 0.337 e. The molecule has 1 rings (SSSR count). The summed E-state index contributed by atoms with van der Waals surface area (Å²) in [6, 6.07) is 0.606. The summed E-state index contributed by atoms with van der Waals surface area (Å²) >= 11 is 11.1. The minimum absolute atomic E-state index is 0.606. The molecular formula is C7H6Cl2N2O6S. The fourth-order valence-corrected chi connectivity index (χ4v) is 2.71. The third kappa shape index (κ3) is 2.72. The van der Waals surface area contributed by atoms with Gasteiger partial charge in [-0.2, -0.15) is 5.23 Å². The van der Waals surface area contributed by atoms with E-state index in [9.17, 15) is 18.4 Å². The molecule has 18 heavy (non-hydrogen) atoms. The maximum absolute atomic E-state index is 11.2. The number of sulfonamides is 1. The summed E-state index contributed by atoms with van der Waals surface area (Å²) in [5.41, 5.74) is -1.55. The van der Waals surface area contributed by atoms with Gasteiger partial charge in [-0.25, -0.2) is 23.6 Å². The molecule has 0 aromatic heterocycles. The molecule has 1 aromatic rings. The third-order valence-electron chi connectivity index (χ3n) is 1.92. The van der Waals surface area contributed by atoms with Crippen molar-refractivity contribution in [3.05, 3.63) is 26.9 Å². The highest BCUT2D eigenvalue weighted by molar-refractivity contribution is 7.89. The number of carboxylic acids is 1. The third-order valence-corrected chi connectivity index (χ3v) is 3.75. The predicted molar refractivity (Wildman–Crippen MR) is 60.6 cm³/mol. The number of rotatable bonds is 3. The zero-order chi connectivity index (χ0) is 14.2. The van der Waals surface area contributed by atoms with Gasteiger partial charge in [0, 0.05) is 0 Å². The average molecular weight is 317 g/mol. The van der Waals surface area contributed by atoms with Crippen LogP contribution in [0.2, 0.25) is 10.0 Å². The van der Waals surface area contributed by atoms with Gasteiger partial charge in [-0.05, 0) is 6.07 Å². The summed E-state index contributed by atoms with van der Waals surface area (Å²) in [5.74, 6) is -1.61. The van der Waals surface area contributed by atoms with E-state index in [0.29, 0.717) is 6.07 Å². The van der Waals surface area contributed by atoms with Crippen molar-refractivity contribution in [2.24, 2.45) is 5.14 Å². The Kier molecular flexibility index (Phi) is 4.18. The van der Waals surface area contributed by atoms with Crippen molar-refractivity contribution in [1.82, 2.24) is 0 Å². The molecule has 0 aliphatic rings. The summed E-state index contributed by atoms with van der Waals surface area (Å²) in [4.78, 5) is 10.0. The monoisotopic (exact) mass is 316 g/mol. The summed E-state index contributed by atoms with van der Waals surface area (Å²) < 4.78 is 22.4. The van der Waals surface area contributed by atoms with Crippen molar-refractivity contribution in [3.8, 4) is 0 Å². The van der Waals surface area contributed by atoms with Crippen LogP contribution in [-0.4, -0.2) is 24.7 Å². The van der Waals surface area contributed by atoms with Crippen LogP contribution in [0.3, 0.4) is 0 Å². The lowest BCUT2D eigenvalue weighted by molar-refractivity contribution is -0.991. The van der Waals surface area contributed by atoms with Crippen molar-refractivity contribution in [3.63, 3.8) is 0 Å². The van der Waals surface area contributed by atoms with Gasteiger partial charge in [-0.3, -0.25) is 0 Å². The van der Waals surface area contributed by atoms with E-state index in [1.807, 2.05) is 0 Å². The van der Waals surface area contributed by atoms with E-state index in [-0.39, 0.29) is 0 Å². The van der Waals surface area contributed by atoms with E-state index in [1.54, 1.807) is 0 Å². The molecule has 0 saturated carbocycles. The number of carbonyl (C=O) groups is 1. The second kappa shape index (κ2) is 4.97. The highest BCUT2D eigenvalue weighted by Crippen LogP contribution is 2.35. The van der Waals surface area contributed by atoms with Gasteiger partial charge in [-0.1, -0.05) is 23.2 Å². The molecular weight excluding hydrogens is 311 g/mol. The first-order valence-corrected chi connectivity index (χ1v) is 6.39. The molecule has 0 bridgehead atoms. The molecule has 11 heteroatoms. The fourth-order valence-electron chi connectivity index (χ4n) is 1.16. The number of halogens is 2. The maximum Gasteiger partial charge on any atom is 0.337 e. The molecule has 0 radical (unpaired) electrons. The predicted octanol–water partition coefficient (Wildman–Crippen LogP) is -0.258. The van der Waals surface area contributed by atoms with E-state index in [2.05, 4.69) is 0 Å². The molecule has 5 N–H and O–H groups in total. The fraction of sp³-hybridized carbons (Fsp3) is 0. The Labute approximate surface area is 111 Å². The van der Waals surface area contributed by atoms with Crippen molar-refractivity contribution in [2.75, 3.05) is 0 Å². The van der Waals surface area contributed by atoms with Gasteiger partial charge in [0.05, 0.1) is 5.56 Å². The highest BCUT2D eigenvalue weighted by atomic mass is 35.5. The lowest BCUT2D eigenvalue weighted by Gasteiger charge is -2.17. The van der Waals surface area contributed by atoms with E-state index in [0.717, 1.165) is 0 Å². The molecule has 0 saturated heterocycles. The maximum atomic E-state index is 11.2. The van der Waals surface area contributed by atoms with Crippen LogP contribution < -0.4 is 10.4 Å². The summed E-state index contributed by atoms with van der Waals surface area (Å²) in [7, 11) is -4.38. The van der Waals surface area contributed by atoms with Crippen LogP contribution in [0.4, 0.5) is 5.69 Å². The van der Waals surface area contributed by atoms with Crippen molar-refractivity contribution in [1.29, 1.82) is 0 Å². The van der Waals surface area contributed by atoms with Crippen LogP contribution in [0.25, 0.3) is 0 Å². The van der Waals surface area contributed by atoms with Crippen molar-refractivity contribution in [2.45, 2.75) is 4.90 Å². The zero-order valence-electron chi connectivity index (χ0n) is 8.35. The van der Waals surface area contributed by atoms with Crippen LogP contribution >= 0.6 is 23.2 Å². The van der Waals surface area contributed by atoms with Gasteiger partial charge in [0.25, 0.3) is 0 Å². The van der Waals surface area contributed by atoms with Gasteiger partial charge >= 0.3 is 5.97 Å². The van der Waals surface area contributed by atoms with Crippen LogP contribution in [-0.2, 0) is 10.0 Å². The minimum atomic E-state index is -4.38. The van der Waals surface area contributed by atoms with Gasteiger partial charge in [0.15, 0.2) is 0 Å². The standard InChI is InChI=1S/C7H6Cl2N2O6S/c8-4-2(7(12)13)1-3(18(10,16)17)5(9)6(4)11(14)15/h1,11,14H,(H,12,13)(H2,10,16,17). The Balaban J connectivity index is 3.84. The second-order valence-corrected chi connectivity index (χ2v) is 5.37. The highest BCUT2D eigenvalue weighted by Gasteiger charge is 2.28. The number of benzene rings is 1. The Morgan fingerprint density at radius 3 is 2.22 bits per heavy atom. The average Bonchev–Trinajstić information content (AvgIpc) is 2.13. The molecule has 8 nitrogen and oxygen atoms in total. The second-order valence-electron chi connectivity index (χ2n) is 3.08. The number of hydrogen-bond donors (Lipinski definition) is 4. The van der Waals surface area contributed by atoms with E-state index < -0.39 is 47.4 Å². The zero-order valence-corrected chi connectivity index (χ0v) is 10.7. The molecule has 1 aromatic carbocycles. The van der Waals surface area contributed by atoms with Crippen LogP contribution in [0.15, 0.2) is 11.0 Å². The molecule has 0 spiro atoms. The molecule has 0 fully saturated rings. The topological polar surface area (TPSA) is 145 Å². The Hall–Kier alpha value is -0.940. The molecule has 1 unspecified atom stereocenters. The molecule has 0 aliphatic heterocycles. The van der Waals surface area contributed by atoms with Crippen molar-refractivity contribution >= 4 is 44.9 Å². The van der Waals surface area contributed by atoms with Gasteiger partial charge in [0.2, 0.25) is 15.7 Å². The number of carboxylic acid groups (broad SMARTS) is 1. The van der Waals surface area contributed by atoms with Crippen LogP contribution in [0, 0.1) is 5.21 Å². The van der Waals surface area contributed by atoms with Gasteiger partial charge < -0.3 is 10.3 Å². The van der Waals surface area contributed by atoms with Gasteiger partial charge in [-0.15, -0.1) is 0 Å². The molecule has 0 heterocycles. The minimum Gasteiger partial charge on any atom is -0.595 e. The van der Waals surface area contributed by atoms with E-state index in [1.165, 1.54) is 0 Å². The lowest BCUT2D eigenvalue weighted by Crippen LogP contribution is -2.99. The quantitative estimate of drug-likeness (QED) is 0.565. The number of quaternary nitrogens is 1. The number of nitrogens with two attached hydrogens (primary N) is 1. The summed E-state index contributed by atoms with van der Waals surface area (Å²) in [6.07, 6.45) is 0. The number of aromatic carboxylic acids is 1. The van der Waals surface area contributed by atoms with Crippen molar-refractivity contribution < 1.29 is 28.8 Å². The summed E-state index contributed by atoms with van der Waals surface area (Å²) in [5, 5.41) is 30.3. The Morgan fingerprint density at radius 1 is 1.39 bits per heavy atom. The van der Waals surface area contributed by atoms with Gasteiger partial charge in [0.1, 0.15) is 14.9 Å². The van der Waals surface area contributed by atoms with Crippen LogP contribution in [0.5, 0.6) is 0 Å². The first-order chi connectivity index (χ1) is 8.07. The molecule has 1 atom stereocenters. The first kappa shape index (κ1) is 15.1. The normalized spacial score (nSPS) is 13.4. The first-order valence-electron chi connectivity index (χ1n) is 4.08. The lowest BCUT2D eigenvalue weighted by atomic mass is 10.2. The van der Waals surface area contributed by atoms with E-state index >= 15 is 0 Å². The molecule has 100 valence electrons. The molecule has 0 amide bonds. The van der Waals surface area contributed by atoms with Crippen LogP contribution in [0.1, 0.15) is 10.4 Å². The number of hydrogen-bond acceptors (Lipinski definition) is 5. The largest absolute Gasteiger partial charge is 0.595 e. The number of nitrogens with one attached hydrogen (secondary N) is 1. The summed E-state index contributed by atoms with van der Waals surface area (Å²) in [6.45, 7) is 0. The Bertz CT molecular complexity index is 615. The molecule has 0 aliphatic carbocycles.